The number of likely N-dealkylation sites (tertiary alicyclic amines) is 1. The number of nitrogens with zero attached hydrogens (tertiary/aromatic N) is 4. The molecular weight excluding hydrogens is 523 g/mol. The number of carbonyl (C=O) groups is 2. The molecule has 0 spiro atoms. The second-order valence-electron chi connectivity index (χ2n) is 10.5. The summed E-state index contributed by atoms with van der Waals surface area (Å²) in [4.78, 5) is 36.7. The van der Waals surface area contributed by atoms with Crippen LogP contribution in [0, 0.1) is 17.7 Å². The number of aromatic nitrogens is 2. The highest BCUT2D eigenvalue weighted by Crippen LogP contribution is 2.26. The molecule has 1 aromatic carbocycles. The van der Waals surface area contributed by atoms with Crippen molar-refractivity contribution in [3.05, 3.63) is 47.0 Å². The minimum atomic E-state index is -0.423. The van der Waals surface area contributed by atoms with Crippen molar-refractivity contribution in [2.24, 2.45) is 11.8 Å². The first-order valence-electron chi connectivity index (χ1n) is 14.0. The molecule has 2 saturated heterocycles. The molecule has 1 aromatic heterocycles. The third kappa shape index (κ3) is 8.78. The quantitative estimate of drug-likeness (QED) is 0.249. The molecule has 8 nitrogen and oxygen atoms in total. The molecule has 2 aromatic rings. The lowest BCUT2D eigenvalue weighted by Crippen LogP contribution is -2.50. The molecule has 0 bridgehead atoms. The number of ether oxygens (including phenoxy) is 2. The van der Waals surface area contributed by atoms with Gasteiger partial charge in [-0.2, -0.15) is 0 Å². The van der Waals surface area contributed by atoms with E-state index in [9.17, 15) is 14.0 Å². The predicted octanol–water partition coefficient (Wildman–Crippen LogP) is 5.08. The summed E-state index contributed by atoms with van der Waals surface area (Å²) in [7, 11) is 0. The fraction of sp³-hybridized carbons (Fsp3) is 0.586. The summed E-state index contributed by atoms with van der Waals surface area (Å²) in [5.74, 6) is 1.43. The molecule has 0 saturated carbocycles. The lowest BCUT2D eigenvalue weighted by molar-refractivity contribution is -0.144. The van der Waals surface area contributed by atoms with E-state index < -0.39 is 5.82 Å². The Kier molecular flexibility index (Phi) is 10.8. The first-order chi connectivity index (χ1) is 18.9. The van der Waals surface area contributed by atoms with Gasteiger partial charge in [-0.05, 0) is 62.0 Å². The summed E-state index contributed by atoms with van der Waals surface area (Å²) in [6.45, 7) is 5.99. The van der Waals surface area contributed by atoms with E-state index in [-0.39, 0.29) is 18.3 Å². The van der Waals surface area contributed by atoms with E-state index in [1.807, 2.05) is 6.92 Å². The van der Waals surface area contributed by atoms with Crippen LogP contribution in [0.25, 0.3) is 0 Å². The second-order valence-corrected chi connectivity index (χ2v) is 10.9. The lowest BCUT2D eigenvalue weighted by atomic mass is 9.92. The average Bonchev–Trinajstić information content (AvgIpc) is 2.91. The van der Waals surface area contributed by atoms with Crippen molar-refractivity contribution in [3.8, 4) is 5.75 Å². The van der Waals surface area contributed by atoms with E-state index in [1.54, 1.807) is 29.4 Å². The molecule has 10 heteroatoms. The van der Waals surface area contributed by atoms with Gasteiger partial charge in [0.1, 0.15) is 11.6 Å². The zero-order chi connectivity index (χ0) is 27.6. The third-order valence-electron chi connectivity index (χ3n) is 7.43. The maximum Gasteiger partial charge on any atom is 0.305 e. The van der Waals surface area contributed by atoms with Gasteiger partial charge in [-0.1, -0.05) is 24.6 Å². The van der Waals surface area contributed by atoms with Gasteiger partial charge in [0.05, 0.1) is 37.1 Å². The molecule has 0 N–H and O–H groups in total. The van der Waals surface area contributed by atoms with Crippen LogP contribution in [-0.4, -0.2) is 66.1 Å². The molecule has 39 heavy (non-hydrogen) atoms. The molecule has 0 atom stereocenters. The number of benzene rings is 1. The summed E-state index contributed by atoms with van der Waals surface area (Å²) in [5.41, 5.74) is 0.371. The van der Waals surface area contributed by atoms with E-state index >= 15 is 0 Å². The van der Waals surface area contributed by atoms with Gasteiger partial charge in [0.25, 0.3) is 0 Å². The number of hydrogen-bond donors (Lipinski definition) is 0. The summed E-state index contributed by atoms with van der Waals surface area (Å²) >= 11 is 5.87. The van der Waals surface area contributed by atoms with Crippen LogP contribution in [0.1, 0.15) is 57.4 Å². The fourth-order valence-corrected chi connectivity index (χ4v) is 5.15. The number of carbonyl (C=O) groups excluding carboxylic acids is 2. The Bertz CT molecular complexity index is 1090. The Morgan fingerprint density at radius 2 is 1.82 bits per heavy atom. The van der Waals surface area contributed by atoms with Crippen LogP contribution < -0.4 is 9.64 Å². The number of halogens is 2. The van der Waals surface area contributed by atoms with Crippen molar-refractivity contribution >= 4 is 29.4 Å². The van der Waals surface area contributed by atoms with Crippen LogP contribution in [-0.2, 0) is 20.7 Å². The number of amides is 1. The SMILES string of the molecule is CCCOC(=O)CCC1CN(C(=O)Cc2ccc(OCCCC3CCN(c4ncc(Cl)cn4)CC3)cc2F)C1. The van der Waals surface area contributed by atoms with Crippen molar-refractivity contribution in [2.75, 3.05) is 44.3 Å². The van der Waals surface area contributed by atoms with E-state index in [2.05, 4.69) is 14.9 Å². The van der Waals surface area contributed by atoms with Gasteiger partial charge in [0, 0.05) is 38.7 Å². The van der Waals surface area contributed by atoms with E-state index in [4.69, 9.17) is 21.1 Å². The Morgan fingerprint density at radius 3 is 2.51 bits per heavy atom. The van der Waals surface area contributed by atoms with Gasteiger partial charge in [-0.3, -0.25) is 9.59 Å². The standard InChI is InChI=1S/C29H38ClFN4O4/c1-2-13-39-28(37)8-5-22-19-35(20-22)27(36)15-23-6-7-25(16-26(23)31)38-14-3-4-21-9-11-34(12-10-21)29-32-17-24(30)18-33-29/h6-7,16-18,21-22H,2-5,8-15,19-20H2,1H3. The molecule has 0 unspecified atom stereocenters. The topological polar surface area (TPSA) is 84.9 Å². The van der Waals surface area contributed by atoms with Crippen LogP contribution in [0.3, 0.4) is 0 Å². The molecule has 212 valence electrons. The number of esters is 1. The van der Waals surface area contributed by atoms with Gasteiger partial charge >= 0.3 is 5.97 Å². The van der Waals surface area contributed by atoms with Crippen molar-refractivity contribution < 1.29 is 23.5 Å². The molecule has 3 heterocycles. The summed E-state index contributed by atoms with van der Waals surface area (Å²) in [6, 6.07) is 4.74. The molecule has 1 amide bonds. The minimum absolute atomic E-state index is 0.0249. The van der Waals surface area contributed by atoms with Gasteiger partial charge in [0.2, 0.25) is 11.9 Å². The van der Waals surface area contributed by atoms with Crippen LogP contribution in [0.2, 0.25) is 5.02 Å². The van der Waals surface area contributed by atoms with Gasteiger partial charge in [-0.15, -0.1) is 0 Å². The minimum Gasteiger partial charge on any atom is -0.493 e. The first kappa shape index (κ1) is 29.1. The normalized spacial score (nSPS) is 16.2. The lowest BCUT2D eigenvalue weighted by Gasteiger charge is -2.39. The highest BCUT2D eigenvalue weighted by atomic mass is 35.5. The molecule has 2 fully saturated rings. The average molecular weight is 561 g/mol. The van der Waals surface area contributed by atoms with Crippen LogP contribution >= 0.6 is 11.6 Å². The number of piperidine rings is 1. The zero-order valence-electron chi connectivity index (χ0n) is 22.6. The van der Waals surface area contributed by atoms with Gasteiger partial charge in [-0.25, -0.2) is 14.4 Å². The predicted molar refractivity (Wildman–Crippen MR) is 147 cm³/mol. The van der Waals surface area contributed by atoms with Crippen molar-refractivity contribution in [1.82, 2.24) is 14.9 Å². The molecule has 0 aliphatic carbocycles. The Balaban J connectivity index is 1.10. The van der Waals surface area contributed by atoms with Gasteiger partial charge < -0.3 is 19.3 Å². The first-order valence-corrected chi connectivity index (χ1v) is 14.4. The Hall–Kier alpha value is -2.94. The summed E-state index contributed by atoms with van der Waals surface area (Å²) in [5, 5.41) is 0.539. The fourth-order valence-electron chi connectivity index (χ4n) is 5.05. The summed E-state index contributed by atoms with van der Waals surface area (Å²) in [6.07, 6.45) is 9.28. The molecule has 2 aliphatic rings. The van der Waals surface area contributed by atoms with E-state index in [0.717, 1.165) is 51.1 Å². The highest BCUT2D eigenvalue weighted by Gasteiger charge is 2.31. The van der Waals surface area contributed by atoms with Crippen LogP contribution in [0.15, 0.2) is 30.6 Å². The highest BCUT2D eigenvalue weighted by molar-refractivity contribution is 6.30. The zero-order valence-corrected chi connectivity index (χ0v) is 23.4. The smallest absolute Gasteiger partial charge is 0.305 e. The van der Waals surface area contributed by atoms with Crippen LogP contribution in [0.4, 0.5) is 10.3 Å². The van der Waals surface area contributed by atoms with Gasteiger partial charge in [0.15, 0.2) is 0 Å². The van der Waals surface area contributed by atoms with Crippen LogP contribution in [0.5, 0.6) is 5.75 Å². The third-order valence-corrected chi connectivity index (χ3v) is 7.62. The maximum absolute atomic E-state index is 14.7. The van der Waals surface area contributed by atoms with E-state index in [1.165, 1.54) is 6.07 Å². The number of hydrogen-bond acceptors (Lipinski definition) is 7. The van der Waals surface area contributed by atoms with Crippen molar-refractivity contribution in [1.29, 1.82) is 0 Å². The van der Waals surface area contributed by atoms with E-state index in [0.29, 0.717) is 67.3 Å². The monoisotopic (exact) mass is 560 g/mol. The molecule has 0 radical (unpaired) electrons. The molecular formula is C29H38ClFN4O4. The number of anilines is 1. The van der Waals surface area contributed by atoms with Crippen molar-refractivity contribution in [3.63, 3.8) is 0 Å². The Morgan fingerprint density at radius 1 is 1.08 bits per heavy atom. The van der Waals surface area contributed by atoms with Crippen molar-refractivity contribution in [2.45, 2.75) is 58.3 Å². The Labute approximate surface area is 234 Å². The largest absolute Gasteiger partial charge is 0.493 e. The summed E-state index contributed by atoms with van der Waals surface area (Å²) < 4.78 is 25.5. The number of rotatable bonds is 13. The maximum atomic E-state index is 14.7. The molecule has 2 aliphatic heterocycles. The molecule has 4 rings (SSSR count). The second kappa shape index (κ2) is 14.4.